The second kappa shape index (κ2) is 9.39. The molecule has 2 aromatic rings. The van der Waals surface area contributed by atoms with Crippen molar-refractivity contribution in [2.45, 2.75) is 30.8 Å². The Labute approximate surface area is 187 Å². The first-order chi connectivity index (χ1) is 15.2. The van der Waals surface area contributed by atoms with Crippen LogP contribution in [0.2, 0.25) is 0 Å². The molecule has 32 heavy (non-hydrogen) atoms. The van der Waals surface area contributed by atoms with Gasteiger partial charge in [0.2, 0.25) is 11.8 Å². The summed E-state index contributed by atoms with van der Waals surface area (Å²) in [5.41, 5.74) is 0.751. The predicted octanol–water partition coefficient (Wildman–Crippen LogP) is 1.39. The van der Waals surface area contributed by atoms with Crippen LogP contribution in [0.25, 0.3) is 0 Å². The average Bonchev–Trinajstić information content (AvgIpc) is 2.99. The van der Waals surface area contributed by atoms with Gasteiger partial charge in [0, 0.05) is 13.6 Å². The monoisotopic (exact) mass is 459 g/mol. The molecule has 0 bridgehead atoms. The van der Waals surface area contributed by atoms with Crippen molar-refractivity contribution >= 4 is 27.7 Å². The third kappa shape index (κ3) is 4.31. The molecule has 2 aromatic carbocycles. The molecule has 0 radical (unpaired) electrons. The number of ether oxygens (including phenoxy) is 1. The van der Waals surface area contributed by atoms with E-state index in [-0.39, 0.29) is 22.9 Å². The number of hydrogen-bond acceptors (Lipinski definition) is 6. The van der Waals surface area contributed by atoms with E-state index in [4.69, 9.17) is 4.74 Å². The molecule has 1 heterocycles. The van der Waals surface area contributed by atoms with Gasteiger partial charge in [-0.15, -0.1) is 0 Å². The summed E-state index contributed by atoms with van der Waals surface area (Å²) in [5.74, 6) is -1.16. The zero-order chi connectivity index (χ0) is 23.5. The molecule has 170 valence electrons. The molecule has 1 aliphatic rings. The molecular weight excluding hydrogens is 434 g/mol. The van der Waals surface area contributed by atoms with Crippen LogP contribution in [0.3, 0.4) is 0 Å². The molecule has 1 aliphatic heterocycles. The van der Waals surface area contributed by atoms with Gasteiger partial charge >= 0.3 is 0 Å². The van der Waals surface area contributed by atoms with Crippen molar-refractivity contribution in [1.29, 1.82) is 0 Å². The molecule has 9 nitrogen and oxygen atoms in total. The Morgan fingerprint density at radius 1 is 1.12 bits per heavy atom. The lowest BCUT2D eigenvalue weighted by Crippen LogP contribution is -2.51. The second-order valence-electron chi connectivity index (χ2n) is 7.22. The number of nitrogens with one attached hydrogen (secondary N) is 1. The molecule has 0 aliphatic carbocycles. The summed E-state index contributed by atoms with van der Waals surface area (Å²) in [6.45, 7) is 1.12. The van der Waals surface area contributed by atoms with Crippen LogP contribution in [0, 0.1) is 0 Å². The third-order valence-corrected chi connectivity index (χ3v) is 7.12. The lowest BCUT2D eigenvalue weighted by Gasteiger charge is -2.31. The summed E-state index contributed by atoms with van der Waals surface area (Å²) in [4.78, 5) is 39.6. The molecule has 1 N–H and O–H groups in total. The lowest BCUT2D eigenvalue weighted by molar-refractivity contribution is -0.141. The summed E-state index contributed by atoms with van der Waals surface area (Å²) >= 11 is 0. The molecule has 0 saturated carbocycles. The van der Waals surface area contributed by atoms with Gasteiger partial charge in [0.15, 0.2) is 0 Å². The fraction of sp³-hybridized carbons (Fsp3) is 0.318. The zero-order valence-electron chi connectivity index (χ0n) is 18.1. The van der Waals surface area contributed by atoms with Crippen molar-refractivity contribution in [3.05, 3.63) is 59.7 Å². The normalized spacial score (nSPS) is 15.1. The summed E-state index contributed by atoms with van der Waals surface area (Å²) in [5, 5.41) is 2.54. The number of nitrogens with zero attached hydrogens (tertiary/aromatic N) is 2. The number of rotatable bonds is 8. The first-order valence-electron chi connectivity index (χ1n) is 10.0. The minimum Gasteiger partial charge on any atom is -0.497 e. The molecule has 10 heteroatoms. The van der Waals surface area contributed by atoms with Crippen LogP contribution in [0.1, 0.15) is 29.3 Å². The zero-order valence-corrected chi connectivity index (χ0v) is 18.9. The van der Waals surface area contributed by atoms with E-state index in [9.17, 15) is 22.8 Å². The maximum Gasteiger partial charge on any atom is 0.269 e. The molecule has 1 atom stereocenters. The highest BCUT2D eigenvalue weighted by Gasteiger charge is 2.43. The van der Waals surface area contributed by atoms with Crippen LogP contribution in [-0.4, -0.2) is 62.1 Å². The molecule has 3 amide bonds. The van der Waals surface area contributed by atoms with Crippen LogP contribution in [0.15, 0.2) is 53.4 Å². The number of carbonyl (C=O) groups excluding carboxylic acids is 3. The number of hydrogen-bond donors (Lipinski definition) is 1. The number of fused-ring (bicyclic) bond motifs is 1. The van der Waals surface area contributed by atoms with Crippen molar-refractivity contribution < 1.29 is 27.5 Å². The average molecular weight is 460 g/mol. The topological polar surface area (TPSA) is 113 Å². The van der Waals surface area contributed by atoms with Gasteiger partial charge in [-0.05, 0) is 36.2 Å². The SMILES string of the molecule is CC[C@@H](C(=O)NC)N(Cc1ccc(OC)cc1)C(=O)CN1C(=O)c2ccccc2S1(=O)=O. The number of methoxy groups -OCH3 is 1. The molecule has 0 fully saturated rings. The minimum atomic E-state index is -4.15. The Kier molecular flexibility index (Phi) is 6.83. The predicted molar refractivity (Wildman–Crippen MR) is 116 cm³/mol. The standard InChI is InChI=1S/C22H25N3O6S/c1-4-18(21(27)23-2)24(13-15-9-11-16(31-3)12-10-15)20(26)14-25-22(28)17-7-5-6-8-19(17)32(25,29)30/h5-12,18H,4,13-14H2,1-3H3,(H,23,27)/t18-/m0/s1. The van der Waals surface area contributed by atoms with Crippen molar-refractivity contribution in [2.24, 2.45) is 0 Å². The van der Waals surface area contributed by atoms with Crippen LogP contribution in [0.4, 0.5) is 0 Å². The van der Waals surface area contributed by atoms with E-state index in [2.05, 4.69) is 5.32 Å². The highest BCUT2D eigenvalue weighted by Crippen LogP contribution is 2.30. The van der Waals surface area contributed by atoms with E-state index in [1.165, 1.54) is 37.3 Å². The van der Waals surface area contributed by atoms with Crippen LogP contribution in [0.5, 0.6) is 5.75 Å². The van der Waals surface area contributed by atoms with Gasteiger partial charge in [0.1, 0.15) is 23.2 Å². The third-order valence-electron chi connectivity index (χ3n) is 5.34. The van der Waals surface area contributed by atoms with Crippen LogP contribution >= 0.6 is 0 Å². The number of benzene rings is 2. The van der Waals surface area contributed by atoms with Crippen molar-refractivity contribution in [2.75, 3.05) is 20.7 Å². The summed E-state index contributed by atoms with van der Waals surface area (Å²) in [6, 6.07) is 11.9. The summed E-state index contributed by atoms with van der Waals surface area (Å²) < 4.78 is 31.4. The quantitative estimate of drug-likeness (QED) is 0.638. The van der Waals surface area contributed by atoms with E-state index >= 15 is 0 Å². The Morgan fingerprint density at radius 2 is 1.78 bits per heavy atom. The van der Waals surface area contributed by atoms with Gasteiger partial charge in [0.25, 0.3) is 15.9 Å². The van der Waals surface area contributed by atoms with Crippen molar-refractivity contribution in [3.63, 3.8) is 0 Å². The first kappa shape index (κ1) is 23.3. The minimum absolute atomic E-state index is 0.0281. The van der Waals surface area contributed by atoms with Gasteiger partial charge in [-0.2, -0.15) is 0 Å². The molecule has 0 aromatic heterocycles. The molecule has 0 unspecified atom stereocenters. The first-order valence-corrected chi connectivity index (χ1v) is 11.5. The summed E-state index contributed by atoms with van der Waals surface area (Å²) in [6.07, 6.45) is 0.308. The van der Waals surface area contributed by atoms with Crippen molar-refractivity contribution in [1.82, 2.24) is 14.5 Å². The van der Waals surface area contributed by atoms with Crippen LogP contribution in [-0.2, 0) is 26.2 Å². The highest BCUT2D eigenvalue weighted by atomic mass is 32.2. The molecule has 0 saturated heterocycles. The summed E-state index contributed by atoms with van der Waals surface area (Å²) in [7, 11) is -1.14. The highest BCUT2D eigenvalue weighted by molar-refractivity contribution is 7.90. The number of sulfonamides is 1. The van der Waals surface area contributed by atoms with Gasteiger partial charge in [-0.25, -0.2) is 12.7 Å². The Hall–Kier alpha value is -3.40. The number of amides is 3. The Bertz CT molecular complexity index is 1130. The lowest BCUT2D eigenvalue weighted by atomic mass is 10.1. The smallest absolute Gasteiger partial charge is 0.269 e. The van der Waals surface area contributed by atoms with E-state index in [0.29, 0.717) is 16.5 Å². The molecule has 3 rings (SSSR count). The number of carbonyl (C=O) groups is 3. The fourth-order valence-corrected chi connectivity index (χ4v) is 5.13. The largest absolute Gasteiger partial charge is 0.497 e. The van der Waals surface area contributed by atoms with E-state index < -0.39 is 34.4 Å². The molecule has 0 spiro atoms. The van der Waals surface area contributed by atoms with Gasteiger partial charge in [-0.3, -0.25) is 14.4 Å². The van der Waals surface area contributed by atoms with Gasteiger partial charge in [-0.1, -0.05) is 31.2 Å². The van der Waals surface area contributed by atoms with Crippen LogP contribution < -0.4 is 10.1 Å². The molecular formula is C22H25N3O6S. The van der Waals surface area contributed by atoms with Crippen molar-refractivity contribution in [3.8, 4) is 5.75 Å². The second-order valence-corrected chi connectivity index (χ2v) is 9.05. The van der Waals surface area contributed by atoms with E-state index in [0.717, 1.165) is 5.56 Å². The van der Waals surface area contributed by atoms with Gasteiger partial charge in [0.05, 0.1) is 12.7 Å². The van der Waals surface area contributed by atoms with E-state index in [1.807, 2.05) is 0 Å². The Morgan fingerprint density at radius 3 is 2.34 bits per heavy atom. The fourth-order valence-electron chi connectivity index (χ4n) is 3.61. The van der Waals surface area contributed by atoms with E-state index in [1.54, 1.807) is 37.3 Å². The number of likely N-dealkylation sites (N-methyl/N-ethyl adjacent to an activating group) is 1. The maximum atomic E-state index is 13.3. The maximum absolute atomic E-state index is 13.3. The Balaban J connectivity index is 1.91. The van der Waals surface area contributed by atoms with Gasteiger partial charge < -0.3 is 15.0 Å².